The molecular formula is C20H23N3O3S. The molecule has 0 spiro atoms. The third kappa shape index (κ3) is 7.53. The highest BCUT2D eigenvalue weighted by molar-refractivity contribution is 8.00. The normalized spacial score (nSPS) is 11.3. The number of nitrogens with one attached hydrogen (secondary N) is 3. The molecule has 0 saturated carbocycles. The summed E-state index contributed by atoms with van der Waals surface area (Å²) in [7, 11) is 0. The summed E-state index contributed by atoms with van der Waals surface area (Å²) in [5.74, 6) is -0.710. The number of aryl methyl sites for hydroxylation is 1. The standard InChI is InChI=1S/C20H23N3O3S/c1-14-8-10-17(11-9-14)27-13-19(25)23-22-18(24)12-15(2)21-20(26)16-6-4-3-5-7-16/h3-11,15H,12-13H2,1-2H3,(H,21,26)(H,22,24)(H,23,25)/t15-/m1/s1. The average Bonchev–Trinajstić information content (AvgIpc) is 2.66. The summed E-state index contributed by atoms with van der Waals surface area (Å²) in [5.41, 5.74) is 6.44. The molecule has 0 aliphatic carbocycles. The average molecular weight is 385 g/mol. The van der Waals surface area contributed by atoms with Crippen LogP contribution in [0.15, 0.2) is 59.5 Å². The van der Waals surface area contributed by atoms with Crippen molar-refractivity contribution in [2.45, 2.75) is 31.2 Å². The molecule has 142 valence electrons. The maximum atomic E-state index is 12.0. The predicted octanol–water partition coefficient (Wildman–Crippen LogP) is 2.44. The summed E-state index contributed by atoms with van der Waals surface area (Å²) in [5, 5.41) is 2.75. The Kier molecular flexibility index (Phi) is 7.88. The lowest BCUT2D eigenvalue weighted by Crippen LogP contribution is -2.45. The van der Waals surface area contributed by atoms with Gasteiger partial charge < -0.3 is 5.32 Å². The number of benzene rings is 2. The number of amides is 3. The second-order valence-corrected chi connectivity index (χ2v) is 7.19. The van der Waals surface area contributed by atoms with E-state index in [2.05, 4.69) is 16.2 Å². The van der Waals surface area contributed by atoms with Crippen molar-refractivity contribution in [3.05, 3.63) is 65.7 Å². The van der Waals surface area contributed by atoms with E-state index in [9.17, 15) is 14.4 Å². The van der Waals surface area contributed by atoms with Crippen molar-refractivity contribution in [2.75, 3.05) is 5.75 Å². The minimum absolute atomic E-state index is 0.0595. The van der Waals surface area contributed by atoms with Crippen LogP contribution in [0.2, 0.25) is 0 Å². The fourth-order valence-corrected chi connectivity index (χ4v) is 2.93. The Morgan fingerprint density at radius 2 is 1.56 bits per heavy atom. The van der Waals surface area contributed by atoms with E-state index >= 15 is 0 Å². The van der Waals surface area contributed by atoms with Crippen LogP contribution in [0.5, 0.6) is 0 Å². The molecule has 2 rings (SSSR count). The van der Waals surface area contributed by atoms with Gasteiger partial charge in [0, 0.05) is 22.9 Å². The van der Waals surface area contributed by atoms with Gasteiger partial charge in [0.1, 0.15) is 0 Å². The fourth-order valence-electron chi connectivity index (χ4n) is 2.24. The summed E-state index contributed by atoms with van der Waals surface area (Å²) < 4.78 is 0. The molecule has 7 heteroatoms. The lowest BCUT2D eigenvalue weighted by Gasteiger charge is -2.14. The first kappa shape index (κ1) is 20.5. The number of hydrogen-bond acceptors (Lipinski definition) is 4. The van der Waals surface area contributed by atoms with Gasteiger partial charge in [0.15, 0.2) is 0 Å². The third-order valence-electron chi connectivity index (χ3n) is 3.64. The van der Waals surface area contributed by atoms with Gasteiger partial charge in [-0.1, -0.05) is 35.9 Å². The monoisotopic (exact) mass is 385 g/mol. The summed E-state index contributed by atoms with van der Waals surface area (Å²) in [4.78, 5) is 36.7. The number of thioether (sulfide) groups is 1. The molecule has 1 atom stereocenters. The van der Waals surface area contributed by atoms with Crippen LogP contribution in [-0.4, -0.2) is 29.5 Å². The van der Waals surface area contributed by atoms with E-state index in [1.165, 1.54) is 11.8 Å². The molecule has 0 saturated heterocycles. The van der Waals surface area contributed by atoms with Crippen molar-refractivity contribution in [3.63, 3.8) is 0 Å². The number of hydrazine groups is 1. The van der Waals surface area contributed by atoms with Crippen molar-refractivity contribution < 1.29 is 14.4 Å². The quantitative estimate of drug-likeness (QED) is 0.505. The fraction of sp³-hybridized carbons (Fsp3) is 0.250. The Balaban J connectivity index is 1.66. The van der Waals surface area contributed by atoms with E-state index in [-0.39, 0.29) is 35.9 Å². The smallest absolute Gasteiger partial charge is 0.251 e. The van der Waals surface area contributed by atoms with Gasteiger partial charge in [-0.25, -0.2) is 0 Å². The largest absolute Gasteiger partial charge is 0.349 e. The summed E-state index contributed by atoms with van der Waals surface area (Å²) in [6.07, 6.45) is 0.0595. The lowest BCUT2D eigenvalue weighted by molar-refractivity contribution is -0.127. The van der Waals surface area contributed by atoms with Gasteiger partial charge in [-0.05, 0) is 38.1 Å². The number of hydrogen-bond donors (Lipinski definition) is 3. The topological polar surface area (TPSA) is 87.3 Å². The second kappa shape index (κ2) is 10.4. The van der Waals surface area contributed by atoms with Gasteiger partial charge in [-0.2, -0.15) is 0 Å². The highest BCUT2D eigenvalue weighted by Crippen LogP contribution is 2.17. The molecule has 0 unspecified atom stereocenters. The van der Waals surface area contributed by atoms with Gasteiger partial charge in [0.25, 0.3) is 5.91 Å². The van der Waals surface area contributed by atoms with Gasteiger partial charge in [-0.3, -0.25) is 25.2 Å². The maximum absolute atomic E-state index is 12.0. The lowest BCUT2D eigenvalue weighted by atomic mass is 10.2. The van der Waals surface area contributed by atoms with Crippen LogP contribution in [-0.2, 0) is 9.59 Å². The van der Waals surface area contributed by atoms with Crippen LogP contribution >= 0.6 is 11.8 Å². The van der Waals surface area contributed by atoms with Crippen molar-refractivity contribution >= 4 is 29.5 Å². The number of carbonyl (C=O) groups excluding carboxylic acids is 3. The van der Waals surface area contributed by atoms with Crippen LogP contribution in [0.25, 0.3) is 0 Å². The minimum Gasteiger partial charge on any atom is -0.349 e. The molecule has 3 amide bonds. The Hall–Kier alpha value is -2.80. The predicted molar refractivity (Wildman–Crippen MR) is 106 cm³/mol. The first-order chi connectivity index (χ1) is 12.9. The molecule has 27 heavy (non-hydrogen) atoms. The first-order valence-corrected chi connectivity index (χ1v) is 9.55. The maximum Gasteiger partial charge on any atom is 0.251 e. The van der Waals surface area contributed by atoms with Gasteiger partial charge >= 0.3 is 0 Å². The molecular weight excluding hydrogens is 362 g/mol. The SMILES string of the molecule is Cc1ccc(SCC(=O)NNC(=O)C[C@@H](C)NC(=O)c2ccccc2)cc1. The van der Waals surface area contributed by atoms with E-state index in [1.807, 2.05) is 37.3 Å². The van der Waals surface area contributed by atoms with Gasteiger partial charge in [-0.15, -0.1) is 11.8 Å². The van der Waals surface area contributed by atoms with Crippen LogP contribution in [0, 0.1) is 6.92 Å². The van der Waals surface area contributed by atoms with Crippen molar-refractivity contribution in [1.29, 1.82) is 0 Å². The van der Waals surface area contributed by atoms with Crippen LogP contribution in [0.4, 0.5) is 0 Å². The van der Waals surface area contributed by atoms with Crippen molar-refractivity contribution in [1.82, 2.24) is 16.2 Å². The highest BCUT2D eigenvalue weighted by Gasteiger charge is 2.13. The molecule has 2 aromatic rings. The van der Waals surface area contributed by atoms with Crippen LogP contribution in [0.3, 0.4) is 0 Å². The van der Waals surface area contributed by atoms with Crippen molar-refractivity contribution in [2.24, 2.45) is 0 Å². The number of rotatable bonds is 7. The summed E-state index contributed by atoms with van der Waals surface area (Å²) >= 11 is 1.39. The van der Waals surface area contributed by atoms with E-state index in [4.69, 9.17) is 0 Å². The van der Waals surface area contributed by atoms with E-state index in [1.54, 1.807) is 31.2 Å². The summed E-state index contributed by atoms with van der Waals surface area (Å²) in [6, 6.07) is 16.3. The molecule has 3 N–H and O–H groups in total. The Bertz CT molecular complexity index is 779. The molecule has 6 nitrogen and oxygen atoms in total. The molecule has 0 bridgehead atoms. The van der Waals surface area contributed by atoms with Gasteiger partial charge in [0.2, 0.25) is 11.8 Å². The minimum atomic E-state index is -0.371. The molecule has 2 aromatic carbocycles. The Labute approximate surface area is 163 Å². The molecule has 0 aromatic heterocycles. The third-order valence-corrected chi connectivity index (χ3v) is 4.65. The van der Waals surface area contributed by atoms with E-state index < -0.39 is 0 Å². The molecule has 0 heterocycles. The van der Waals surface area contributed by atoms with Crippen LogP contribution in [0.1, 0.15) is 29.3 Å². The molecule has 0 aliphatic heterocycles. The van der Waals surface area contributed by atoms with Gasteiger partial charge in [0.05, 0.1) is 5.75 Å². The molecule has 0 aliphatic rings. The highest BCUT2D eigenvalue weighted by atomic mass is 32.2. The zero-order valence-electron chi connectivity index (χ0n) is 15.3. The second-order valence-electron chi connectivity index (χ2n) is 6.14. The van der Waals surface area contributed by atoms with Crippen molar-refractivity contribution in [3.8, 4) is 0 Å². The molecule has 0 fully saturated rings. The van der Waals surface area contributed by atoms with Crippen LogP contribution < -0.4 is 16.2 Å². The summed E-state index contributed by atoms with van der Waals surface area (Å²) in [6.45, 7) is 3.73. The van der Waals surface area contributed by atoms with E-state index in [0.29, 0.717) is 5.56 Å². The Morgan fingerprint density at radius 1 is 0.926 bits per heavy atom. The first-order valence-electron chi connectivity index (χ1n) is 8.57. The van der Waals surface area contributed by atoms with E-state index in [0.717, 1.165) is 10.5 Å². The number of carbonyl (C=O) groups is 3. The zero-order valence-corrected chi connectivity index (χ0v) is 16.1. The Morgan fingerprint density at radius 3 is 2.22 bits per heavy atom. The molecule has 0 radical (unpaired) electrons. The zero-order chi connectivity index (χ0) is 19.6.